The average molecular weight is 248 g/mol. The van der Waals surface area contributed by atoms with Crippen LogP contribution in [-0.2, 0) is 11.2 Å². The van der Waals surface area contributed by atoms with E-state index in [1.165, 1.54) is 5.56 Å². The summed E-state index contributed by atoms with van der Waals surface area (Å²) in [5.41, 5.74) is 7.51. The number of rotatable bonds is 5. The normalized spacial score (nSPS) is 13.2. The van der Waals surface area contributed by atoms with Gasteiger partial charge in [0.25, 0.3) is 0 Å². The topological polar surface area (TPSA) is 55.1 Å². The van der Waals surface area contributed by atoms with E-state index in [1.54, 1.807) is 0 Å². The predicted octanol–water partition coefficient (Wildman–Crippen LogP) is 2.41. The third kappa shape index (κ3) is 3.57. The second kappa shape index (κ2) is 6.01. The fourth-order valence-corrected chi connectivity index (χ4v) is 1.61. The molecule has 3 heteroatoms. The minimum Gasteiger partial charge on any atom is -0.349 e. The van der Waals surface area contributed by atoms with Gasteiger partial charge in [0.2, 0.25) is 5.91 Å². The Balaban J connectivity index is 2.70. The molecule has 0 heterocycles. The minimum absolute atomic E-state index is 0.00271. The van der Waals surface area contributed by atoms with Crippen molar-refractivity contribution in [3.8, 4) is 0 Å². The smallest absolute Gasteiger partial charge is 0.227 e. The number of carbonyl (C=O) groups excluding carboxylic acids is 1. The first-order valence-electron chi connectivity index (χ1n) is 6.50. The molecule has 0 radical (unpaired) electrons. The fraction of sp³-hybridized carbons (Fsp3) is 0.533. The zero-order chi connectivity index (χ0) is 13.8. The first kappa shape index (κ1) is 14.7. The van der Waals surface area contributed by atoms with Gasteiger partial charge in [0.15, 0.2) is 0 Å². The van der Waals surface area contributed by atoms with E-state index in [0.717, 1.165) is 12.0 Å². The molecule has 3 nitrogen and oxygen atoms in total. The van der Waals surface area contributed by atoms with E-state index in [-0.39, 0.29) is 11.9 Å². The number of hydrogen-bond donors (Lipinski definition) is 2. The van der Waals surface area contributed by atoms with E-state index in [0.29, 0.717) is 6.54 Å². The van der Waals surface area contributed by atoms with Gasteiger partial charge in [0, 0.05) is 6.54 Å². The summed E-state index contributed by atoms with van der Waals surface area (Å²) < 4.78 is 0. The van der Waals surface area contributed by atoms with Crippen molar-refractivity contribution in [3.05, 3.63) is 35.4 Å². The molecule has 1 amide bonds. The maximum absolute atomic E-state index is 12.0. The molecular weight excluding hydrogens is 224 g/mol. The number of nitrogens with two attached hydrogens (primary N) is 1. The summed E-state index contributed by atoms with van der Waals surface area (Å²) in [7, 11) is 0. The van der Waals surface area contributed by atoms with E-state index in [4.69, 9.17) is 5.73 Å². The molecule has 0 aliphatic carbocycles. The maximum Gasteiger partial charge on any atom is 0.227 e. The third-order valence-corrected chi connectivity index (χ3v) is 3.36. The quantitative estimate of drug-likeness (QED) is 0.840. The molecule has 0 fully saturated rings. The van der Waals surface area contributed by atoms with Gasteiger partial charge in [-0.15, -0.1) is 0 Å². The summed E-state index contributed by atoms with van der Waals surface area (Å²) in [6.45, 7) is 8.18. The Morgan fingerprint density at radius 2 is 1.89 bits per heavy atom. The third-order valence-electron chi connectivity index (χ3n) is 3.36. The second-order valence-electron chi connectivity index (χ2n) is 5.38. The lowest BCUT2D eigenvalue weighted by Crippen LogP contribution is -2.42. The number of amides is 1. The molecule has 0 spiro atoms. The van der Waals surface area contributed by atoms with Crippen LogP contribution in [0.3, 0.4) is 0 Å². The van der Waals surface area contributed by atoms with Crippen molar-refractivity contribution in [2.45, 2.75) is 40.2 Å². The van der Waals surface area contributed by atoms with Crippen LogP contribution >= 0.6 is 0 Å². The summed E-state index contributed by atoms with van der Waals surface area (Å²) in [6.07, 6.45) is 1.03. The van der Waals surface area contributed by atoms with Gasteiger partial charge in [0.1, 0.15) is 0 Å². The average Bonchev–Trinajstić information content (AvgIpc) is 2.38. The van der Waals surface area contributed by atoms with E-state index >= 15 is 0 Å². The molecular formula is C15H24N2O. The Kier molecular flexibility index (Phi) is 4.91. The van der Waals surface area contributed by atoms with E-state index in [1.807, 2.05) is 20.8 Å². The highest BCUT2D eigenvalue weighted by molar-refractivity contribution is 5.82. The summed E-state index contributed by atoms with van der Waals surface area (Å²) in [6, 6.07) is 8.35. The highest BCUT2D eigenvalue weighted by Gasteiger charge is 2.26. The van der Waals surface area contributed by atoms with Gasteiger partial charge in [-0.3, -0.25) is 4.79 Å². The summed E-state index contributed by atoms with van der Waals surface area (Å²) in [5.74, 6) is -0.00271. The van der Waals surface area contributed by atoms with Gasteiger partial charge in [-0.2, -0.15) is 0 Å². The molecule has 0 aliphatic heterocycles. The molecule has 0 bridgehead atoms. The fourth-order valence-electron chi connectivity index (χ4n) is 1.61. The number of aryl methyl sites for hydroxylation is 1. The Bertz CT molecular complexity index is 395. The van der Waals surface area contributed by atoms with E-state index < -0.39 is 5.41 Å². The van der Waals surface area contributed by atoms with Crippen molar-refractivity contribution in [1.29, 1.82) is 0 Å². The molecule has 0 saturated heterocycles. The Hall–Kier alpha value is -1.35. The molecule has 0 saturated carbocycles. The van der Waals surface area contributed by atoms with Gasteiger partial charge in [-0.1, -0.05) is 31.2 Å². The largest absolute Gasteiger partial charge is 0.349 e. The lowest BCUT2D eigenvalue weighted by Gasteiger charge is -2.24. The Labute approximate surface area is 110 Å². The molecule has 1 aromatic rings. The molecule has 1 rings (SSSR count). The van der Waals surface area contributed by atoms with Crippen LogP contribution in [0.1, 0.15) is 44.9 Å². The summed E-state index contributed by atoms with van der Waals surface area (Å²) in [4.78, 5) is 12.0. The molecule has 0 aromatic heterocycles. The number of nitrogens with one attached hydrogen (secondary N) is 1. The van der Waals surface area contributed by atoms with Crippen molar-refractivity contribution in [2.24, 2.45) is 11.1 Å². The van der Waals surface area contributed by atoms with Crippen LogP contribution in [0.5, 0.6) is 0 Å². The van der Waals surface area contributed by atoms with Crippen LogP contribution in [-0.4, -0.2) is 12.5 Å². The molecule has 0 aliphatic rings. The summed E-state index contributed by atoms with van der Waals surface area (Å²) >= 11 is 0. The molecule has 18 heavy (non-hydrogen) atoms. The Morgan fingerprint density at radius 1 is 1.33 bits per heavy atom. The standard InChI is InChI=1S/C15H24N2O/c1-5-12-6-8-13(9-7-12)11(2)17-14(18)15(3,4)10-16/h6-9,11H,5,10,16H2,1-4H3,(H,17,18). The zero-order valence-electron chi connectivity index (χ0n) is 11.8. The lowest BCUT2D eigenvalue weighted by atomic mass is 9.92. The van der Waals surface area contributed by atoms with Gasteiger partial charge in [0.05, 0.1) is 11.5 Å². The van der Waals surface area contributed by atoms with Crippen LogP contribution in [0.4, 0.5) is 0 Å². The highest BCUT2D eigenvalue weighted by Crippen LogP contribution is 2.18. The highest BCUT2D eigenvalue weighted by atomic mass is 16.2. The number of carbonyl (C=O) groups is 1. The molecule has 1 atom stereocenters. The van der Waals surface area contributed by atoms with Crippen molar-refractivity contribution >= 4 is 5.91 Å². The summed E-state index contributed by atoms with van der Waals surface area (Å²) in [5, 5.41) is 3.01. The van der Waals surface area contributed by atoms with Crippen molar-refractivity contribution < 1.29 is 4.79 Å². The molecule has 1 unspecified atom stereocenters. The van der Waals surface area contributed by atoms with Gasteiger partial charge in [-0.25, -0.2) is 0 Å². The zero-order valence-corrected chi connectivity index (χ0v) is 11.8. The van der Waals surface area contributed by atoms with E-state index in [2.05, 4.69) is 36.5 Å². The van der Waals surface area contributed by atoms with Crippen LogP contribution in [0.15, 0.2) is 24.3 Å². The lowest BCUT2D eigenvalue weighted by molar-refractivity contribution is -0.129. The van der Waals surface area contributed by atoms with Gasteiger partial charge in [-0.05, 0) is 38.3 Å². The second-order valence-corrected chi connectivity index (χ2v) is 5.38. The minimum atomic E-state index is -0.516. The van der Waals surface area contributed by atoms with Crippen LogP contribution in [0.25, 0.3) is 0 Å². The van der Waals surface area contributed by atoms with Crippen molar-refractivity contribution in [1.82, 2.24) is 5.32 Å². The molecule has 1 aromatic carbocycles. The monoisotopic (exact) mass is 248 g/mol. The number of hydrogen-bond acceptors (Lipinski definition) is 2. The van der Waals surface area contributed by atoms with Crippen LogP contribution in [0, 0.1) is 5.41 Å². The number of benzene rings is 1. The van der Waals surface area contributed by atoms with Crippen molar-refractivity contribution in [2.75, 3.05) is 6.54 Å². The van der Waals surface area contributed by atoms with Crippen LogP contribution in [0.2, 0.25) is 0 Å². The first-order valence-corrected chi connectivity index (χ1v) is 6.50. The van der Waals surface area contributed by atoms with Crippen molar-refractivity contribution in [3.63, 3.8) is 0 Å². The van der Waals surface area contributed by atoms with Crippen LogP contribution < -0.4 is 11.1 Å². The SMILES string of the molecule is CCc1ccc(C(C)NC(=O)C(C)(C)CN)cc1. The van der Waals surface area contributed by atoms with Gasteiger partial charge >= 0.3 is 0 Å². The first-order chi connectivity index (χ1) is 8.40. The molecule has 3 N–H and O–H groups in total. The van der Waals surface area contributed by atoms with Gasteiger partial charge < -0.3 is 11.1 Å². The predicted molar refractivity (Wildman–Crippen MR) is 75.2 cm³/mol. The molecule has 100 valence electrons. The Morgan fingerprint density at radius 3 is 2.33 bits per heavy atom. The van der Waals surface area contributed by atoms with E-state index in [9.17, 15) is 4.79 Å². The maximum atomic E-state index is 12.0.